The molecule has 118 valence electrons. The van der Waals surface area contributed by atoms with Gasteiger partial charge in [0.2, 0.25) is 0 Å². The fraction of sp³-hybridized carbons (Fsp3) is 0.235. The number of sulfone groups is 1. The third-order valence-corrected chi connectivity index (χ3v) is 6.90. The van der Waals surface area contributed by atoms with Crippen LogP contribution in [0, 0.1) is 16.7 Å². The zero-order valence-corrected chi connectivity index (χ0v) is 13.6. The second-order valence-corrected chi connectivity index (χ2v) is 8.12. The van der Waals surface area contributed by atoms with Crippen LogP contribution in [-0.2, 0) is 9.84 Å². The van der Waals surface area contributed by atoms with Crippen LogP contribution < -0.4 is 0 Å². The molecule has 4 nitrogen and oxygen atoms in total. The number of aliphatic hydroxyl groups is 1. The first-order valence-electron chi connectivity index (χ1n) is 7.04. The SMILES string of the molecule is N#C[C@]1(CO)[C@H](c2ccc(Cl)cc2)[C@@H]1S(=O)(=O)c1ccccc1. The Kier molecular flexibility index (Phi) is 3.93. The molecule has 0 aromatic heterocycles. The molecule has 1 aliphatic carbocycles. The van der Waals surface area contributed by atoms with Gasteiger partial charge in [0, 0.05) is 10.9 Å². The summed E-state index contributed by atoms with van der Waals surface area (Å²) in [5.41, 5.74) is -0.628. The highest BCUT2D eigenvalue weighted by Crippen LogP contribution is 2.63. The van der Waals surface area contributed by atoms with Gasteiger partial charge in [-0.25, -0.2) is 8.42 Å². The molecule has 0 spiro atoms. The maximum absolute atomic E-state index is 12.9. The van der Waals surface area contributed by atoms with Gasteiger partial charge >= 0.3 is 0 Å². The number of hydrogen-bond donors (Lipinski definition) is 1. The number of nitriles is 1. The van der Waals surface area contributed by atoms with Crippen molar-refractivity contribution in [1.29, 1.82) is 5.26 Å². The van der Waals surface area contributed by atoms with E-state index in [1.807, 2.05) is 6.07 Å². The second kappa shape index (κ2) is 5.64. The maximum Gasteiger partial charge on any atom is 0.183 e. The molecule has 0 unspecified atom stereocenters. The minimum atomic E-state index is -3.72. The van der Waals surface area contributed by atoms with E-state index < -0.39 is 33.0 Å². The Morgan fingerprint density at radius 2 is 1.74 bits per heavy atom. The predicted octanol–water partition coefficient (Wildman–Crippen LogP) is 2.78. The molecule has 1 fully saturated rings. The summed E-state index contributed by atoms with van der Waals surface area (Å²) in [6.07, 6.45) is 0. The van der Waals surface area contributed by atoms with Crippen molar-refractivity contribution in [1.82, 2.24) is 0 Å². The summed E-state index contributed by atoms with van der Waals surface area (Å²) in [6.45, 7) is -0.506. The predicted molar refractivity (Wildman–Crippen MR) is 86.7 cm³/mol. The van der Waals surface area contributed by atoms with Crippen molar-refractivity contribution in [2.45, 2.75) is 16.1 Å². The Balaban J connectivity index is 2.07. The lowest BCUT2D eigenvalue weighted by Crippen LogP contribution is -2.18. The minimum absolute atomic E-state index is 0.162. The highest BCUT2D eigenvalue weighted by Gasteiger charge is 2.72. The molecule has 2 aromatic carbocycles. The number of rotatable bonds is 4. The van der Waals surface area contributed by atoms with Gasteiger partial charge in [-0.3, -0.25) is 0 Å². The fourth-order valence-corrected chi connectivity index (χ4v) is 5.58. The van der Waals surface area contributed by atoms with Crippen LogP contribution in [0.1, 0.15) is 11.5 Å². The van der Waals surface area contributed by atoms with Crippen molar-refractivity contribution in [3.63, 3.8) is 0 Å². The number of hydrogen-bond acceptors (Lipinski definition) is 4. The van der Waals surface area contributed by atoms with E-state index in [1.165, 1.54) is 12.1 Å². The van der Waals surface area contributed by atoms with E-state index >= 15 is 0 Å². The summed E-state index contributed by atoms with van der Waals surface area (Å²) < 4.78 is 25.8. The molecule has 0 bridgehead atoms. The van der Waals surface area contributed by atoms with Gasteiger partial charge in [-0.1, -0.05) is 41.9 Å². The molecule has 1 saturated carbocycles. The zero-order valence-electron chi connectivity index (χ0n) is 12.1. The Labute approximate surface area is 139 Å². The first-order chi connectivity index (χ1) is 11.0. The summed E-state index contributed by atoms with van der Waals surface area (Å²) in [5.74, 6) is -0.569. The Morgan fingerprint density at radius 1 is 1.13 bits per heavy atom. The van der Waals surface area contributed by atoms with Gasteiger partial charge < -0.3 is 5.11 Å². The van der Waals surface area contributed by atoms with Crippen molar-refractivity contribution in [2.24, 2.45) is 5.41 Å². The third kappa shape index (κ3) is 2.43. The van der Waals surface area contributed by atoms with E-state index in [0.29, 0.717) is 10.6 Å². The van der Waals surface area contributed by atoms with Gasteiger partial charge in [-0.15, -0.1) is 0 Å². The molecule has 0 aliphatic heterocycles. The van der Waals surface area contributed by atoms with E-state index in [0.717, 1.165) is 0 Å². The van der Waals surface area contributed by atoms with Gasteiger partial charge in [0.05, 0.1) is 22.8 Å². The van der Waals surface area contributed by atoms with E-state index in [1.54, 1.807) is 42.5 Å². The molecular formula is C17H14ClNO3S. The van der Waals surface area contributed by atoms with Gasteiger partial charge in [0.25, 0.3) is 0 Å². The van der Waals surface area contributed by atoms with Gasteiger partial charge in [-0.2, -0.15) is 5.26 Å². The van der Waals surface area contributed by atoms with E-state index in [2.05, 4.69) is 0 Å². The van der Waals surface area contributed by atoms with Crippen LogP contribution in [0.2, 0.25) is 5.02 Å². The number of benzene rings is 2. The summed E-state index contributed by atoms with van der Waals surface area (Å²) in [7, 11) is -3.72. The number of nitrogens with zero attached hydrogens (tertiary/aromatic N) is 1. The van der Waals surface area contributed by atoms with Crippen molar-refractivity contribution in [3.8, 4) is 6.07 Å². The largest absolute Gasteiger partial charge is 0.395 e. The quantitative estimate of drug-likeness (QED) is 0.922. The maximum atomic E-state index is 12.9. The van der Waals surface area contributed by atoms with Crippen molar-refractivity contribution in [2.75, 3.05) is 6.61 Å². The summed E-state index contributed by atoms with van der Waals surface area (Å²) in [6, 6.07) is 16.8. The van der Waals surface area contributed by atoms with Crippen LogP contribution in [-0.4, -0.2) is 25.4 Å². The van der Waals surface area contributed by atoms with Gasteiger partial charge in [0.15, 0.2) is 9.84 Å². The standard InChI is InChI=1S/C17H14ClNO3S/c18-13-8-6-12(7-9-13)15-16(17(15,10-19)11-20)23(21,22)14-4-2-1-3-5-14/h1-9,15-16,20H,11H2/t15-,16+,17+/m1/s1. The lowest BCUT2D eigenvalue weighted by atomic mass is 10.0. The lowest BCUT2D eigenvalue weighted by Gasteiger charge is -2.05. The first kappa shape index (κ1) is 16.0. The lowest BCUT2D eigenvalue weighted by molar-refractivity contribution is 0.242. The summed E-state index contributed by atoms with van der Waals surface area (Å²) in [4.78, 5) is 0.162. The Hall–Kier alpha value is -1.87. The van der Waals surface area contributed by atoms with Crippen LogP contribution in [0.4, 0.5) is 0 Å². The van der Waals surface area contributed by atoms with Crippen molar-refractivity contribution < 1.29 is 13.5 Å². The minimum Gasteiger partial charge on any atom is -0.395 e. The molecule has 2 aromatic rings. The molecule has 1 N–H and O–H groups in total. The van der Waals surface area contributed by atoms with E-state index in [9.17, 15) is 18.8 Å². The van der Waals surface area contributed by atoms with Crippen molar-refractivity contribution >= 4 is 21.4 Å². The Morgan fingerprint density at radius 3 is 2.26 bits per heavy atom. The molecule has 0 radical (unpaired) electrons. The van der Waals surface area contributed by atoms with Crippen LogP contribution in [0.5, 0.6) is 0 Å². The van der Waals surface area contributed by atoms with Gasteiger partial charge in [0.1, 0.15) is 5.41 Å². The monoisotopic (exact) mass is 347 g/mol. The first-order valence-corrected chi connectivity index (χ1v) is 8.96. The van der Waals surface area contributed by atoms with Crippen LogP contribution in [0.15, 0.2) is 59.5 Å². The molecule has 3 atom stereocenters. The normalized spacial score (nSPS) is 26.5. The third-order valence-electron chi connectivity index (χ3n) is 4.36. The van der Waals surface area contributed by atoms with Crippen LogP contribution in [0.25, 0.3) is 0 Å². The molecule has 3 rings (SSSR count). The molecule has 6 heteroatoms. The molecular weight excluding hydrogens is 334 g/mol. The molecule has 0 amide bonds. The highest BCUT2D eigenvalue weighted by molar-refractivity contribution is 7.92. The second-order valence-electron chi connectivity index (χ2n) is 5.62. The van der Waals surface area contributed by atoms with E-state index in [4.69, 9.17) is 11.6 Å². The van der Waals surface area contributed by atoms with Gasteiger partial charge in [-0.05, 0) is 29.8 Å². The average Bonchev–Trinajstić information content (AvgIpc) is 3.27. The van der Waals surface area contributed by atoms with Crippen LogP contribution >= 0.6 is 11.6 Å². The number of aliphatic hydroxyl groups excluding tert-OH is 1. The molecule has 23 heavy (non-hydrogen) atoms. The topological polar surface area (TPSA) is 78.2 Å². The van der Waals surface area contributed by atoms with Crippen molar-refractivity contribution in [3.05, 3.63) is 65.2 Å². The average molecular weight is 348 g/mol. The zero-order chi connectivity index (χ0) is 16.7. The summed E-state index contributed by atoms with van der Waals surface area (Å²) >= 11 is 5.87. The molecule has 0 saturated heterocycles. The highest BCUT2D eigenvalue weighted by atomic mass is 35.5. The van der Waals surface area contributed by atoms with E-state index in [-0.39, 0.29) is 4.90 Å². The molecule has 1 aliphatic rings. The molecule has 0 heterocycles. The smallest absolute Gasteiger partial charge is 0.183 e. The Bertz CT molecular complexity index is 859. The summed E-state index contributed by atoms with van der Waals surface area (Å²) in [5, 5.41) is 18.8. The number of halogens is 1. The van der Waals surface area contributed by atoms with Crippen LogP contribution in [0.3, 0.4) is 0 Å². The fourth-order valence-electron chi connectivity index (χ4n) is 3.12.